The number of hydrogen-bond acceptors (Lipinski definition) is 5. The molecule has 0 fully saturated rings. The summed E-state index contributed by atoms with van der Waals surface area (Å²) in [5.41, 5.74) is 3.55. The van der Waals surface area contributed by atoms with E-state index in [1.54, 1.807) is 39.7 Å². The normalized spacial score (nSPS) is 10.3. The van der Waals surface area contributed by atoms with Crippen LogP contribution in [0.5, 0.6) is 17.2 Å². The summed E-state index contributed by atoms with van der Waals surface area (Å²) in [6.45, 7) is 4.24. The Kier molecular flexibility index (Phi) is 6.22. The molecule has 1 N–H and O–H groups in total. The van der Waals surface area contributed by atoms with Crippen LogP contribution in [0.25, 0.3) is 0 Å². The number of nitrogens with zero attached hydrogens (tertiary/aromatic N) is 1. The maximum atomic E-state index is 12.2. The standard InChI is InChI=1S/C19H24N2O4/c1-12-10-20-15(13(2)19(12)25-5)11-21-18(22)9-14-6-7-16(23-3)17(8-14)24-4/h6-8,10H,9,11H2,1-5H3,(H,21,22). The van der Waals surface area contributed by atoms with Gasteiger partial charge in [0.1, 0.15) is 5.75 Å². The van der Waals surface area contributed by atoms with Crippen molar-refractivity contribution in [2.45, 2.75) is 26.8 Å². The molecule has 0 unspecified atom stereocenters. The summed E-state index contributed by atoms with van der Waals surface area (Å²) in [5.74, 6) is 1.96. The van der Waals surface area contributed by atoms with Crippen LogP contribution in [0, 0.1) is 13.8 Å². The molecule has 0 spiro atoms. The Bertz CT molecular complexity index is 759. The van der Waals surface area contributed by atoms with E-state index in [2.05, 4.69) is 10.3 Å². The fourth-order valence-corrected chi connectivity index (χ4v) is 2.67. The zero-order valence-electron chi connectivity index (χ0n) is 15.3. The average molecular weight is 344 g/mol. The molecule has 0 bridgehead atoms. The Labute approximate surface area is 148 Å². The number of methoxy groups -OCH3 is 3. The highest BCUT2D eigenvalue weighted by atomic mass is 16.5. The number of aromatic nitrogens is 1. The van der Waals surface area contributed by atoms with Gasteiger partial charge in [0.2, 0.25) is 5.91 Å². The minimum atomic E-state index is -0.0899. The molecular weight excluding hydrogens is 320 g/mol. The average Bonchev–Trinajstić information content (AvgIpc) is 2.61. The van der Waals surface area contributed by atoms with Crippen LogP contribution in [0.1, 0.15) is 22.4 Å². The molecule has 1 amide bonds. The molecule has 0 aliphatic rings. The SMILES string of the molecule is COc1ccc(CC(=O)NCc2ncc(C)c(OC)c2C)cc1OC. The molecule has 134 valence electrons. The van der Waals surface area contributed by atoms with Crippen molar-refractivity contribution >= 4 is 5.91 Å². The number of carbonyl (C=O) groups excluding carboxylic acids is 1. The Morgan fingerprint density at radius 3 is 2.44 bits per heavy atom. The van der Waals surface area contributed by atoms with Gasteiger partial charge < -0.3 is 19.5 Å². The van der Waals surface area contributed by atoms with Crippen LogP contribution < -0.4 is 19.5 Å². The maximum absolute atomic E-state index is 12.2. The number of amides is 1. The minimum absolute atomic E-state index is 0.0899. The lowest BCUT2D eigenvalue weighted by Crippen LogP contribution is -2.25. The van der Waals surface area contributed by atoms with Gasteiger partial charge in [-0.3, -0.25) is 9.78 Å². The van der Waals surface area contributed by atoms with Gasteiger partial charge in [-0.1, -0.05) is 6.07 Å². The van der Waals surface area contributed by atoms with Crippen molar-refractivity contribution in [3.05, 3.63) is 46.8 Å². The van der Waals surface area contributed by atoms with Crippen LogP contribution in [0.3, 0.4) is 0 Å². The van der Waals surface area contributed by atoms with Crippen LogP contribution in [0.4, 0.5) is 0 Å². The molecule has 1 aromatic heterocycles. The van der Waals surface area contributed by atoms with E-state index < -0.39 is 0 Å². The number of ether oxygens (including phenoxy) is 3. The van der Waals surface area contributed by atoms with Gasteiger partial charge >= 0.3 is 0 Å². The third kappa shape index (κ3) is 4.41. The Balaban J connectivity index is 2.02. The highest BCUT2D eigenvalue weighted by Crippen LogP contribution is 2.27. The van der Waals surface area contributed by atoms with Gasteiger partial charge in [-0.25, -0.2) is 0 Å². The lowest BCUT2D eigenvalue weighted by atomic mass is 10.1. The summed E-state index contributed by atoms with van der Waals surface area (Å²) >= 11 is 0. The number of rotatable bonds is 7. The van der Waals surface area contributed by atoms with Crippen LogP contribution in [-0.2, 0) is 17.8 Å². The van der Waals surface area contributed by atoms with E-state index in [4.69, 9.17) is 14.2 Å². The fourth-order valence-electron chi connectivity index (χ4n) is 2.67. The first-order valence-electron chi connectivity index (χ1n) is 7.96. The van der Waals surface area contributed by atoms with E-state index >= 15 is 0 Å². The minimum Gasteiger partial charge on any atom is -0.496 e. The largest absolute Gasteiger partial charge is 0.496 e. The van der Waals surface area contributed by atoms with Crippen LogP contribution in [-0.4, -0.2) is 32.2 Å². The van der Waals surface area contributed by atoms with E-state index in [9.17, 15) is 4.79 Å². The molecule has 0 aliphatic carbocycles. The molecule has 0 radical (unpaired) electrons. The number of aryl methyl sites for hydroxylation is 1. The number of hydrogen-bond donors (Lipinski definition) is 1. The molecule has 2 aromatic rings. The summed E-state index contributed by atoms with van der Waals surface area (Å²) in [6, 6.07) is 5.44. The fraction of sp³-hybridized carbons (Fsp3) is 0.368. The first-order valence-corrected chi connectivity index (χ1v) is 7.96. The van der Waals surface area contributed by atoms with Gasteiger partial charge in [-0.2, -0.15) is 0 Å². The summed E-state index contributed by atoms with van der Waals surface area (Å²) in [5, 5.41) is 2.90. The van der Waals surface area contributed by atoms with Gasteiger partial charge in [0, 0.05) is 17.3 Å². The molecule has 25 heavy (non-hydrogen) atoms. The van der Waals surface area contributed by atoms with Crippen molar-refractivity contribution in [2.75, 3.05) is 21.3 Å². The van der Waals surface area contributed by atoms with E-state index in [1.807, 2.05) is 19.9 Å². The van der Waals surface area contributed by atoms with Crippen molar-refractivity contribution in [3.8, 4) is 17.2 Å². The van der Waals surface area contributed by atoms with E-state index in [-0.39, 0.29) is 12.3 Å². The molecule has 0 aliphatic heterocycles. The van der Waals surface area contributed by atoms with Gasteiger partial charge in [0.15, 0.2) is 11.5 Å². The molecule has 2 rings (SSSR count). The Morgan fingerprint density at radius 1 is 1.08 bits per heavy atom. The second-order valence-corrected chi connectivity index (χ2v) is 5.69. The predicted molar refractivity (Wildman–Crippen MR) is 95.4 cm³/mol. The summed E-state index contributed by atoms with van der Waals surface area (Å²) in [4.78, 5) is 16.6. The third-order valence-corrected chi connectivity index (χ3v) is 4.02. The summed E-state index contributed by atoms with van der Waals surface area (Å²) in [6.07, 6.45) is 2.00. The number of nitrogens with one attached hydrogen (secondary N) is 1. The van der Waals surface area contributed by atoms with E-state index in [0.29, 0.717) is 18.0 Å². The Hall–Kier alpha value is -2.76. The predicted octanol–water partition coefficient (Wildman–Crippen LogP) is 2.58. The first kappa shape index (κ1) is 18.6. The highest BCUT2D eigenvalue weighted by molar-refractivity contribution is 5.78. The second kappa shape index (κ2) is 8.37. The molecule has 1 heterocycles. The quantitative estimate of drug-likeness (QED) is 0.836. The molecular formula is C19H24N2O4. The summed E-state index contributed by atoms with van der Waals surface area (Å²) < 4.78 is 15.8. The van der Waals surface area contributed by atoms with Gasteiger partial charge in [0.25, 0.3) is 0 Å². The zero-order chi connectivity index (χ0) is 18.4. The molecule has 0 saturated heterocycles. The van der Waals surface area contributed by atoms with Crippen LogP contribution >= 0.6 is 0 Å². The van der Waals surface area contributed by atoms with Crippen molar-refractivity contribution < 1.29 is 19.0 Å². The number of carbonyl (C=O) groups is 1. The van der Waals surface area contributed by atoms with Gasteiger partial charge in [-0.15, -0.1) is 0 Å². The molecule has 0 saturated carbocycles. The smallest absolute Gasteiger partial charge is 0.224 e. The molecule has 6 nitrogen and oxygen atoms in total. The highest BCUT2D eigenvalue weighted by Gasteiger charge is 2.12. The van der Waals surface area contributed by atoms with E-state index in [1.165, 1.54) is 0 Å². The monoisotopic (exact) mass is 344 g/mol. The molecule has 1 aromatic carbocycles. The van der Waals surface area contributed by atoms with Crippen molar-refractivity contribution in [3.63, 3.8) is 0 Å². The van der Waals surface area contributed by atoms with Crippen molar-refractivity contribution in [2.24, 2.45) is 0 Å². The Morgan fingerprint density at radius 2 is 1.80 bits per heavy atom. The number of pyridine rings is 1. The lowest BCUT2D eigenvalue weighted by Gasteiger charge is -2.13. The van der Waals surface area contributed by atoms with Gasteiger partial charge in [-0.05, 0) is 31.5 Å². The van der Waals surface area contributed by atoms with E-state index in [0.717, 1.165) is 28.1 Å². The lowest BCUT2D eigenvalue weighted by molar-refractivity contribution is -0.120. The molecule has 6 heteroatoms. The first-order chi connectivity index (χ1) is 12.0. The summed E-state index contributed by atoms with van der Waals surface area (Å²) in [7, 11) is 4.78. The topological polar surface area (TPSA) is 69.7 Å². The van der Waals surface area contributed by atoms with Gasteiger partial charge in [0.05, 0.1) is 40.0 Å². The molecule has 0 atom stereocenters. The third-order valence-electron chi connectivity index (χ3n) is 4.02. The van der Waals surface area contributed by atoms with Crippen molar-refractivity contribution in [1.29, 1.82) is 0 Å². The van der Waals surface area contributed by atoms with Crippen LogP contribution in [0.2, 0.25) is 0 Å². The maximum Gasteiger partial charge on any atom is 0.224 e. The zero-order valence-corrected chi connectivity index (χ0v) is 15.3. The van der Waals surface area contributed by atoms with Crippen molar-refractivity contribution in [1.82, 2.24) is 10.3 Å². The number of benzene rings is 1. The second-order valence-electron chi connectivity index (χ2n) is 5.69. The van der Waals surface area contributed by atoms with Crippen LogP contribution in [0.15, 0.2) is 24.4 Å².